The van der Waals surface area contributed by atoms with Crippen molar-refractivity contribution in [3.05, 3.63) is 30.6 Å². The highest BCUT2D eigenvalue weighted by Gasteiger charge is 2.40. The van der Waals surface area contributed by atoms with Crippen LogP contribution in [0.1, 0.15) is 26.7 Å². The van der Waals surface area contributed by atoms with Gasteiger partial charge in [-0.2, -0.15) is 5.10 Å². The van der Waals surface area contributed by atoms with Gasteiger partial charge < -0.3 is 14.4 Å². The van der Waals surface area contributed by atoms with E-state index in [-0.39, 0.29) is 11.6 Å². The Labute approximate surface area is 157 Å². The number of H-pyrrole nitrogens is 1. The molecule has 0 spiro atoms. The summed E-state index contributed by atoms with van der Waals surface area (Å²) >= 11 is 0. The average Bonchev–Trinajstić information content (AvgIpc) is 3.25. The van der Waals surface area contributed by atoms with Crippen LogP contribution in [-0.2, 0) is 4.74 Å². The molecule has 27 heavy (non-hydrogen) atoms. The maximum Gasteiger partial charge on any atom is 0.133 e. The maximum absolute atomic E-state index is 6.12. The number of hydrogen-bond donors (Lipinski definition) is 1. The molecule has 0 radical (unpaired) electrons. The standard InChI is InChI=1S/C20H23N5O2/c1-13-11-26-8-7-25(13)18-10-17(21-12-22-18)19-15-9-14(27-20(2)5-6-20)3-4-16(15)23-24-19/h3-4,9-10,12-13H,5-8,11H2,1-2H3,(H,23,24)/t13-/m0/s1. The molecule has 1 aliphatic carbocycles. The summed E-state index contributed by atoms with van der Waals surface area (Å²) in [6, 6.07) is 8.36. The van der Waals surface area contributed by atoms with Gasteiger partial charge in [-0.25, -0.2) is 9.97 Å². The summed E-state index contributed by atoms with van der Waals surface area (Å²) in [6.07, 6.45) is 3.82. The Hall–Kier alpha value is -2.67. The molecule has 1 saturated heterocycles. The molecular weight excluding hydrogens is 342 g/mol. The van der Waals surface area contributed by atoms with Gasteiger partial charge >= 0.3 is 0 Å². The molecule has 1 aliphatic heterocycles. The zero-order valence-electron chi connectivity index (χ0n) is 15.6. The average molecular weight is 365 g/mol. The third kappa shape index (κ3) is 3.12. The van der Waals surface area contributed by atoms with Crippen molar-refractivity contribution in [1.82, 2.24) is 20.2 Å². The summed E-state index contributed by atoms with van der Waals surface area (Å²) in [5.74, 6) is 1.78. The molecule has 1 saturated carbocycles. The van der Waals surface area contributed by atoms with E-state index in [0.29, 0.717) is 13.2 Å². The lowest BCUT2D eigenvalue weighted by Gasteiger charge is -2.34. The van der Waals surface area contributed by atoms with Crippen LogP contribution >= 0.6 is 0 Å². The summed E-state index contributed by atoms with van der Waals surface area (Å²) in [4.78, 5) is 11.2. The number of fused-ring (bicyclic) bond motifs is 1. The lowest BCUT2D eigenvalue weighted by atomic mass is 10.1. The molecule has 1 atom stereocenters. The summed E-state index contributed by atoms with van der Waals surface area (Å²) in [5, 5.41) is 8.62. The Morgan fingerprint density at radius 1 is 1.26 bits per heavy atom. The van der Waals surface area contributed by atoms with Gasteiger partial charge in [-0.05, 0) is 44.9 Å². The second-order valence-electron chi connectivity index (χ2n) is 7.71. The van der Waals surface area contributed by atoms with Crippen LogP contribution in [0.15, 0.2) is 30.6 Å². The first kappa shape index (κ1) is 16.5. The second-order valence-corrected chi connectivity index (χ2v) is 7.71. The lowest BCUT2D eigenvalue weighted by Crippen LogP contribution is -2.44. The Morgan fingerprint density at radius 3 is 2.96 bits per heavy atom. The molecule has 7 nitrogen and oxygen atoms in total. The van der Waals surface area contributed by atoms with Gasteiger partial charge in [-0.3, -0.25) is 5.10 Å². The number of ether oxygens (including phenoxy) is 2. The van der Waals surface area contributed by atoms with Crippen LogP contribution in [-0.4, -0.2) is 51.6 Å². The maximum atomic E-state index is 6.12. The zero-order chi connectivity index (χ0) is 18.4. The van der Waals surface area contributed by atoms with Crippen LogP contribution in [0.4, 0.5) is 5.82 Å². The van der Waals surface area contributed by atoms with Gasteiger partial charge in [0, 0.05) is 18.0 Å². The normalized spacial score (nSPS) is 21.4. The van der Waals surface area contributed by atoms with Crippen molar-refractivity contribution >= 4 is 16.7 Å². The fourth-order valence-corrected chi connectivity index (χ4v) is 3.52. The third-order valence-electron chi connectivity index (χ3n) is 5.41. The van der Waals surface area contributed by atoms with Crippen molar-refractivity contribution in [1.29, 1.82) is 0 Å². The number of morpholine rings is 1. The van der Waals surface area contributed by atoms with Crippen molar-refractivity contribution in [3.63, 3.8) is 0 Å². The minimum atomic E-state index is -0.00780. The van der Waals surface area contributed by atoms with E-state index in [4.69, 9.17) is 9.47 Å². The molecule has 1 aromatic carbocycles. The van der Waals surface area contributed by atoms with E-state index in [2.05, 4.69) is 45.0 Å². The monoisotopic (exact) mass is 365 g/mol. The Balaban J connectivity index is 1.51. The van der Waals surface area contributed by atoms with Crippen molar-refractivity contribution in [2.45, 2.75) is 38.3 Å². The van der Waals surface area contributed by atoms with Crippen LogP contribution in [0.2, 0.25) is 0 Å². The molecule has 3 heterocycles. The van der Waals surface area contributed by atoms with Crippen LogP contribution in [0.5, 0.6) is 5.75 Å². The number of hydrogen-bond acceptors (Lipinski definition) is 6. The zero-order valence-corrected chi connectivity index (χ0v) is 15.6. The van der Waals surface area contributed by atoms with E-state index < -0.39 is 0 Å². The van der Waals surface area contributed by atoms with E-state index in [9.17, 15) is 0 Å². The molecule has 5 rings (SSSR count). The quantitative estimate of drug-likeness (QED) is 0.765. The Kier molecular flexibility index (Phi) is 3.79. The van der Waals surface area contributed by atoms with E-state index in [1.165, 1.54) is 0 Å². The van der Waals surface area contributed by atoms with E-state index in [1.807, 2.05) is 18.2 Å². The Morgan fingerprint density at radius 2 is 2.15 bits per heavy atom. The largest absolute Gasteiger partial charge is 0.488 e. The van der Waals surface area contributed by atoms with Gasteiger partial charge in [0.2, 0.25) is 0 Å². The molecule has 2 aliphatic rings. The van der Waals surface area contributed by atoms with Gasteiger partial charge in [0.1, 0.15) is 29.2 Å². The lowest BCUT2D eigenvalue weighted by molar-refractivity contribution is 0.0985. The van der Waals surface area contributed by atoms with Gasteiger partial charge in [0.15, 0.2) is 0 Å². The molecule has 2 aromatic heterocycles. The third-order valence-corrected chi connectivity index (χ3v) is 5.41. The van der Waals surface area contributed by atoms with Crippen LogP contribution in [0.3, 0.4) is 0 Å². The molecule has 7 heteroatoms. The van der Waals surface area contributed by atoms with E-state index >= 15 is 0 Å². The molecule has 1 N–H and O–H groups in total. The topological polar surface area (TPSA) is 76.2 Å². The smallest absolute Gasteiger partial charge is 0.133 e. The summed E-state index contributed by atoms with van der Waals surface area (Å²) < 4.78 is 11.7. The first-order chi connectivity index (χ1) is 13.1. The number of benzene rings is 1. The first-order valence-electron chi connectivity index (χ1n) is 9.45. The van der Waals surface area contributed by atoms with Gasteiger partial charge in [0.05, 0.1) is 30.5 Å². The van der Waals surface area contributed by atoms with Gasteiger partial charge in [-0.1, -0.05) is 0 Å². The number of nitrogens with zero attached hydrogens (tertiary/aromatic N) is 4. The molecule has 2 fully saturated rings. The highest BCUT2D eigenvalue weighted by Crippen LogP contribution is 2.40. The molecule has 3 aromatic rings. The summed E-state index contributed by atoms with van der Waals surface area (Å²) in [5.41, 5.74) is 2.59. The minimum Gasteiger partial charge on any atom is -0.488 e. The fraction of sp³-hybridized carbons (Fsp3) is 0.450. The number of aromatic nitrogens is 4. The van der Waals surface area contributed by atoms with Crippen molar-refractivity contribution < 1.29 is 9.47 Å². The van der Waals surface area contributed by atoms with Crippen LogP contribution in [0.25, 0.3) is 22.3 Å². The first-order valence-corrected chi connectivity index (χ1v) is 9.45. The summed E-state index contributed by atoms with van der Waals surface area (Å²) in [7, 11) is 0. The molecule has 0 bridgehead atoms. The predicted octanol–water partition coefficient (Wildman–Crippen LogP) is 3.18. The summed E-state index contributed by atoms with van der Waals surface area (Å²) in [6.45, 7) is 6.55. The predicted molar refractivity (Wildman–Crippen MR) is 103 cm³/mol. The molecular formula is C20H23N5O2. The number of rotatable bonds is 4. The highest BCUT2D eigenvalue weighted by molar-refractivity contribution is 5.93. The highest BCUT2D eigenvalue weighted by atomic mass is 16.5. The number of anilines is 1. The minimum absolute atomic E-state index is 0.00780. The van der Waals surface area contributed by atoms with Crippen molar-refractivity contribution in [3.8, 4) is 17.1 Å². The van der Waals surface area contributed by atoms with Crippen LogP contribution < -0.4 is 9.64 Å². The second kappa shape index (κ2) is 6.20. The molecule has 0 amide bonds. The SMILES string of the molecule is C[C@H]1COCCN1c1cc(-c2n[nH]c3ccc(OC4(C)CC4)cc23)ncn1. The molecule has 140 valence electrons. The van der Waals surface area contributed by atoms with Gasteiger partial charge in [-0.15, -0.1) is 0 Å². The van der Waals surface area contributed by atoms with E-state index in [1.54, 1.807) is 6.33 Å². The number of nitrogens with one attached hydrogen (secondary N) is 1. The Bertz CT molecular complexity index is 981. The van der Waals surface area contributed by atoms with Crippen LogP contribution in [0, 0.1) is 0 Å². The molecule has 0 unspecified atom stereocenters. The number of aromatic amines is 1. The fourth-order valence-electron chi connectivity index (χ4n) is 3.52. The van der Waals surface area contributed by atoms with E-state index in [0.717, 1.165) is 53.2 Å². The van der Waals surface area contributed by atoms with Crippen molar-refractivity contribution in [2.75, 3.05) is 24.7 Å². The van der Waals surface area contributed by atoms with Gasteiger partial charge in [0.25, 0.3) is 0 Å². The van der Waals surface area contributed by atoms with Crippen molar-refractivity contribution in [2.24, 2.45) is 0 Å².